The molecular formula is C23H31NO4S2. The average Bonchev–Trinajstić information content (AvgIpc) is 3.38. The van der Waals surface area contributed by atoms with Gasteiger partial charge >= 0.3 is 5.97 Å². The number of aliphatic hydroxyl groups excluding tert-OH is 2. The van der Waals surface area contributed by atoms with E-state index in [1.165, 1.54) is 5.57 Å². The number of fused-ring (bicyclic) bond motifs is 1. The van der Waals surface area contributed by atoms with Crippen LogP contribution in [0.1, 0.15) is 46.0 Å². The van der Waals surface area contributed by atoms with Crippen LogP contribution in [0, 0.1) is 22.7 Å². The van der Waals surface area contributed by atoms with Crippen LogP contribution in [0.15, 0.2) is 39.7 Å². The lowest BCUT2D eigenvalue weighted by Gasteiger charge is -2.60. The van der Waals surface area contributed by atoms with Gasteiger partial charge < -0.3 is 14.9 Å². The molecule has 0 spiro atoms. The van der Waals surface area contributed by atoms with Gasteiger partial charge in [0, 0.05) is 22.2 Å². The minimum atomic E-state index is -0.505. The molecule has 0 bridgehead atoms. The number of rotatable bonds is 6. The Hall–Kier alpha value is -1.15. The molecule has 164 valence electrons. The summed E-state index contributed by atoms with van der Waals surface area (Å²) in [7, 11) is 0. The number of aromatic nitrogens is 1. The molecule has 5 nitrogen and oxygen atoms in total. The summed E-state index contributed by atoms with van der Waals surface area (Å²) in [6.45, 7) is 9.10. The number of carbonyl (C=O) groups excluding carboxylic acids is 1. The third-order valence-electron chi connectivity index (χ3n) is 7.90. The highest BCUT2D eigenvalue weighted by molar-refractivity contribution is 8.01. The minimum absolute atomic E-state index is 0.0115. The van der Waals surface area contributed by atoms with E-state index < -0.39 is 11.5 Å². The topological polar surface area (TPSA) is 79.7 Å². The van der Waals surface area contributed by atoms with Crippen molar-refractivity contribution in [3.63, 3.8) is 0 Å². The fraction of sp³-hybridized carbons (Fsp3) is 0.652. The quantitative estimate of drug-likeness (QED) is 0.385. The Morgan fingerprint density at radius 1 is 1.43 bits per heavy atom. The molecule has 1 aliphatic heterocycles. The Bertz CT molecular complexity index is 838. The number of thioether (sulfide) groups is 1. The highest BCUT2D eigenvalue weighted by Crippen LogP contribution is 2.62. The summed E-state index contributed by atoms with van der Waals surface area (Å²) in [5.74, 6) is 0.192. The van der Waals surface area contributed by atoms with Gasteiger partial charge in [0.1, 0.15) is 10.9 Å². The monoisotopic (exact) mass is 449 g/mol. The maximum absolute atomic E-state index is 12.4. The largest absolute Gasteiger partial charge is 0.458 e. The molecule has 2 fully saturated rings. The lowest BCUT2D eigenvalue weighted by Crippen LogP contribution is -2.57. The first-order valence-corrected chi connectivity index (χ1v) is 12.5. The maximum Gasteiger partial charge on any atom is 0.335 e. The lowest BCUT2D eigenvalue weighted by atomic mass is 9.46. The van der Waals surface area contributed by atoms with Crippen LogP contribution >= 0.6 is 23.1 Å². The van der Waals surface area contributed by atoms with E-state index >= 15 is 0 Å². The number of thiazole rings is 1. The second-order valence-corrected chi connectivity index (χ2v) is 11.8. The Morgan fingerprint density at radius 3 is 2.87 bits per heavy atom. The molecule has 30 heavy (non-hydrogen) atoms. The number of aliphatic hydroxyl groups is 2. The van der Waals surface area contributed by atoms with Gasteiger partial charge in [-0.05, 0) is 55.4 Å². The van der Waals surface area contributed by atoms with Crippen LogP contribution < -0.4 is 0 Å². The molecule has 0 radical (unpaired) electrons. The fourth-order valence-corrected chi connectivity index (χ4v) is 8.19. The number of ether oxygens (including phenoxy) is 1. The average molecular weight is 450 g/mol. The van der Waals surface area contributed by atoms with Gasteiger partial charge in [0.05, 0.1) is 18.3 Å². The first kappa shape index (κ1) is 22.1. The molecule has 6 atom stereocenters. The summed E-state index contributed by atoms with van der Waals surface area (Å²) in [5.41, 5.74) is 1.38. The van der Waals surface area contributed by atoms with Gasteiger partial charge in [-0.2, -0.15) is 0 Å². The second kappa shape index (κ2) is 8.41. The summed E-state index contributed by atoms with van der Waals surface area (Å²) >= 11 is 3.22. The molecule has 2 saturated carbocycles. The lowest BCUT2D eigenvalue weighted by molar-refractivity contribution is -0.152. The molecular weight excluding hydrogens is 418 g/mol. The summed E-state index contributed by atoms with van der Waals surface area (Å²) in [6.07, 6.45) is 7.41. The van der Waals surface area contributed by atoms with E-state index in [9.17, 15) is 15.0 Å². The van der Waals surface area contributed by atoms with Crippen molar-refractivity contribution in [1.82, 2.24) is 4.98 Å². The molecule has 1 aromatic heterocycles. The Labute approximate surface area is 186 Å². The van der Waals surface area contributed by atoms with Crippen molar-refractivity contribution in [2.45, 2.75) is 61.6 Å². The van der Waals surface area contributed by atoms with Crippen LogP contribution in [-0.4, -0.2) is 45.7 Å². The molecule has 7 heteroatoms. The summed E-state index contributed by atoms with van der Waals surface area (Å²) in [5, 5.41) is 22.9. The second-order valence-electron chi connectivity index (χ2n) is 9.42. The molecule has 4 rings (SSSR count). The summed E-state index contributed by atoms with van der Waals surface area (Å²) in [6, 6.07) is 0. The SMILES string of the molecule is C=C1CC[C@@H]2[C@](C)(CO)[C@H](O)CC[C@@]2(C)[C@@H]1CC(Sc1nccs1)C1=CCOC1=O. The van der Waals surface area contributed by atoms with Gasteiger partial charge in [0.15, 0.2) is 0 Å². The molecule has 1 unspecified atom stereocenters. The first-order chi connectivity index (χ1) is 14.3. The van der Waals surface area contributed by atoms with Crippen molar-refractivity contribution in [2.75, 3.05) is 13.2 Å². The van der Waals surface area contributed by atoms with Crippen molar-refractivity contribution in [3.8, 4) is 0 Å². The van der Waals surface area contributed by atoms with Crippen molar-refractivity contribution < 1.29 is 19.7 Å². The van der Waals surface area contributed by atoms with Crippen LogP contribution in [-0.2, 0) is 9.53 Å². The van der Waals surface area contributed by atoms with Crippen LogP contribution in [0.25, 0.3) is 0 Å². The van der Waals surface area contributed by atoms with Gasteiger partial charge in [-0.3, -0.25) is 0 Å². The molecule has 3 aliphatic rings. The molecule has 2 N–H and O–H groups in total. The smallest absolute Gasteiger partial charge is 0.335 e. The van der Waals surface area contributed by atoms with Crippen LogP contribution in [0.2, 0.25) is 0 Å². The van der Waals surface area contributed by atoms with Crippen molar-refractivity contribution >= 4 is 29.1 Å². The van der Waals surface area contributed by atoms with E-state index in [0.29, 0.717) is 13.0 Å². The van der Waals surface area contributed by atoms with Gasteiger partial charge in [0.25, 0.3) is 0 Å². The Morgan fingerprint density at radius 2 is 2.23 bits per heavy atom. The maximum atomic E-state index is 12.4. The van der Waals surface area contributed by atoms with Crippen LogP contribution in [0.5, 0.6) is 0 Å². The zero-order valence-corrected chi connectivity index (χ0v) is 19.3. The highest BCUT2D eigenvalue weighted by atomic mass is 32.2. The van der Waals surface area contributed by atoms with E-state index in [2.05, 4.69) is 18.5 Å². The fourth-order valence-electron chi connectivity index (χ4n) is 6.12. The van der Waals surface area contributed by atoms with E-state index in [0.717, 1.165) is 35.6 Å². The first-order valence-electron chi connectivity index (χ1n) is 10.7. The zero-order chi connectivity index (χ0) is 21.5. The van der Waals surface area contributed by atoms with Gasteiger partial charge in [-0.1, -0.05) is 37.8 Å². The zero-order valence-electron chi connectivity index (χ0n) is 17.7. The molecule has 2 heterocycles. The molecule has 0 aromatic carbocycles. The number of hydrogen-bond acceptors (Lipinski definition) is 7. The van der Waals surface area contributed by atoms with Gasteiger partial charge in [-0.15, -0.1) is 11.3 Å². The third kappa shape index (κ3) is 3.68. The molecule has 0 saturated heterocycles. The standard InChI is InChI=1S/C23H31NO4S2/c1-14-4-5-18-22(2,8-6-19(26)23(18,3)13-25)16(14)12-17(15-7-10-28-20(15)27)30-21-24-9-11-29-21/h7,9,11,16-19,25-26H,1,4-6,8,10,12-13H2,2-3H3/t16-,17?,18+,19-,22+,23+/m1/s1. The predicted octanol–water partition coefficient (Wildman–Crippen LogP) is 4.22. The highest BCUT2D eigenvalue weighted by Gasteiger charge is 2.58. The number of hydrogen-bond donors (Lipinski definition) is 2. The van der Waals surface area contributed by atoms with E-state index in [4.69, 9.17) is 4.74 Å². The molecule has 2 aliphatic carbocycles. The summed E-state index contributed by atoms with van der Waals surface area (Å²) < 4.78 is 6.17. The van der Waals surface area contributed by atoms with Crippen LogP contribution in [0.4, 0.5) is 0 Å². The number of nitrogens with zero attached hydrogens (tertiary/aromatic N) is 1. The Balaban J connectivity index is 1.66. The number of esters is 1. The number of allylic oxidation sites excluding steroid dienone is 1. The normalized spacial score (nSPS) is 37.5. The number of carbonyl (C=O) groups is 1. The minimum Gasteiger partial charge on any atom is -0.458 e. The van der Waals surface area contributed by atoms with Crippen molar-refractivity contribution in [3.05, 3.63) is 35.4 Å². The van der Waals surface area contributed by atoms with Crippen molar-refractivity contribution in [2.24, 2.45) is 22.7 Å². The Kier molecular flexibility index (Phi) is 6.19. The number of cyclic esters (lactones) is 1. The van der Waals surface area contributed by atoms with Gasteiger partial charge in [0.2, 0.25) is 0 Å². The van der Waals surface area contributed by atoms with E-state index in [1.54, 1.807) is 29.3 Å². The van der Waals surface area contributed by atoms with E-state index in [1.807, 2.05) is 18.4 Å². The predicted molar refractivity (Wildman–Crippen MR) is 119 cm³/mol. The van der Waals surface area contributed by atoms with Crippen LogP contribution in [0.3, 0.4) is 0 Å². The van der Waals surface area contributed by atoms with Crippen molar-refractivity contribution in [1.29, 1.82) is 0 Å². The summed E-state index contributed by atoms with van der Waals surface area (Å²) in [4.78, 5) is 16.8. The molecule has 1 aromatic rings. The van der Waals surface area contributed by atoms with Gasteiger partial charge in [-0.25, -0.2) is 9.78 Å². The molecule has 0 amide bonds. The third-order valence-corrected chi connectivity index (χ3v) is 10.1. The van der Waals surface area contributed by atoms with E-state index in [-0.39, 0.29) is 35.1 Å².